The number of nitrogens with zero attached hydrogens (tertiary/aromatic N) is 2. The van der Waals surface area contributed by atoms with Gasteiger partial charge >= 0.3 is 0 Å². The lowest BCUT2D eigenvalue weighted by molar-refractivity contribution is -0.145. The molecule has 0 radical (unpaired) electrons. The highest BCUT2D eigenvalue weighted by Crippen LogP contribution is 2.29. The topological polar surface area (TPSA) is 143 Å². The molecular formula is C32H64FN5O6. The van der Waals surface area contributed by atoms with Gasteiger partial charge in [-0.15, -0.1) is 0 Å². The molecule has 1 rings (SSSR count). The van der Waals surface area contributed by atoms with E-state index >= 15 is 0 Å². The molecule has 0 aromatic rings. The summed E-state index contributed by atoms with van der Waals surface area (Å²) in [6, 6.07) is -0.320. The number of halogens is 1. The van der Waals surface area contributed by atoms with Crippen LogP contribution in [0, 0.1) is 17.8 Å². The molecule has 1 fully saturated rings. The Morgan fingerprint density at radius 3 is 2.09 bits per heavy atom. The molecule has 12 heteroatoms. The van der Waals surface area contributed by atoms with E-state index in [0.29, 0.717) is 31.3 Å². The Kier molecular flexibility index (Phi) is 24.8. The van der Waals surface area contributed by atoms with Crippen LogP contribution in [-0.4, -0.2) is 112 Å². The number of likely N-dealkylation sites (N-methyl/N-ethyl adjacent to an activating group) is 1. The van der Waals surface area contributed by atoms with Gasteiger partial charge in [0.05, 0.1) is 43.2 Å². The molecule has 44 heavy (non-hydrogen) atoms. The molecule has 260 valence electrons. The maximum absolute atomic E-state index is 13.5. The Hall–Kier alpha value is -2.31. The summed E-state index contributed by atoms with van der Waals surface area (Å²) >= 11 is 0. The van der Waals surface area contributed by atoms with Crippen LogP contribution in [0.15, 0.2) is 0 Å². The van der Waals surface area contributed by atoms with E-state index in [0.717, 1.165) is 12.8 Å². The maximum atomic E-state index is 13.5. The van der Waals surface area contributed by atoms with Crippen molar-refractivity contribution in [2.24, 2.45) is 23.5 Å². The molecule has 0 spiro atoms. The van der Waals surface area contributed by atoms with Gasteiger partial charge < -0.3 is 35.6 Å². The smallest absolute Gasteiger partial charge is 0.242 e. The quantitative estimate of drug-likeness (QED) is 0.209. The van der Waals surface area contributed by atoms with Gasteiger partial charge in [0, 0.05) is 40.4 Å². The van der Waals surface area contributed by atoms with E-state index in [4.69, 9.17) is 15.2 Å². The van der Waals surface area contributed by atoms with Crippen molar-refractivity contribution in [3.63, 3.8) is 0 Å². The molecule has 0 aliphatic carbocycles. The third-order valence-corrected chi connectivity index (χ3v) is 8.09. The number of carbonyl (C=O) groups excluding carboxylic acids is 4. The van der Waals surface area contributed by atoms with Gasteiger partial charge in [-0.05, 0) is 31.6 Å². The molecule has 1 aliphatic heterocycles. The summed E-state index contributed by atoms with van der Waals surface area (Å²) < 4.78 is 23.9. The van der Waals surface area contributed by atoms with Crippen LogP contribution in [0.5, 0.6) is 0 Å². The summed E-state index contributed by atoms with van der Waals surface area (Å²) in [7, 11) is 4.68. The molecule has 1 saturated heterocycles. The van der Waals surface area contributed by atoms with Gasteiger partial charge in [0.25, 0.3) is 0 Å². The number of ether oxygens (including phenoxy) is 2. The Labute approximate surface area is 266 Å². The minimum atomic E-state index is -0.651. The fourth-order valence-electron chi connectivity index (χ4n) is 4.91. The number of rotatable bonds is 17. The second kappa shape index (κ2) is 24.9. The normalized spacial score (nSPS) is 18.3. The van der Waals surface area contributed by atoms with Crippen molar-refractivity contribution < 1.29 is 33.0 Å². The maximum Gasteiger partial charge on any atom is 0.242 e. The van der Waals surface area contributed by atoms with Crippen LogP contribution in [0.4, 0.5) is 4.39 Å². The molecule has 0 aromatic carbocycles. The number of nitrogens with two attached hydrogens (primary N) is 1. The number of carbonyl (C=O) groups is 4. The summed E-state index contributed by atoms with van der Waals surface area (Å²) in [6.07, 6.45) is 2.91. The van der Waals surface area contributed by atoms with Crippen LogP contribution >= 0.6 is 0 Å². The first-order valence-electron chi connectivity index (χ1n) is 16.1. The van der Waals surface area contributed by atoms with Gasteiger partial charge in [-0.25, -0.2) is 4.39 Å². The van der Waals surface area contributed by atoms with E-state index in [2.05, 4.69) is 38.3 Å². The minimum Gasteiger partial charge on any atom is -0.379 e. The van der Waals surface area contributed by atoms with Crippen LogP contribution in [0.2, 0.25) is 0 Å². The number of nitrogens with one attached hydrogen (secondary N) is 2. The lowest BCUT2D eigenvalue weighted by Gasteiger charge is -2.39. The second-order valence-electron chi connectivity index (χ2n) is 11.9. The average molecular weight is 634 g/mol. The summed E-state index contributed by atoms with van der Waals surface area (Å²) in [6.45, 7) is 15.9. The third-order valence-electron chi connectivity index (χ3n) is 8.09. The predicted octanol–water partition coefficient (Wildman–Crippen LogP) is 3.14. The van der Waals surface area contributed by atoms with Crippen LogP contribution in [0.3, 0.4) is 0 Å². The first-order valence-corrected chi connectivity index (χ1v) is 16.1. The number of amides is 4. The summed E-state index contributed by atoms with van der Waals surface area (Å²) in [5.74, 6) is -0.626. The van der Waals surface area contributed by atoms with Crippen LogP contribution < -0.4 is 16.4 Å². The van der Waals surface area contributed by atoms with Crippen molar-refractivity contribution in [1.29, 1.82) is 0 Å². The van der Waals surface area contributed by atoms with Crippen molar-refractivity contribution in [2.75, 3.05) is 47.6 Å². The van der Waals surface area contributed by atoms with Gasteiger partial charge in [0.2, 0.25) is 24.1 Å². The molecule has 7 unspecified atom stereocenters. The van der Waals surface area contributed by atoms with E-state index in [1.54, 1.807) is 23.8 Å². The first-order chi connectivity index (χ1) is 20.7. The Morgan fingerprint density at radius 2 is 1.66 bits per heavy atom. The zero-order valence-electron chi connectivity index (χ0n) is 29.4. The molecular weight excluding hydrogens is 569 g/mol. The van der Waals surface area contributed by atoms with Gasteiger partial charge in [-0.3, -0.25) is 19.2 Å². The molecule has 11 nitrogen and oxygen atoms in total. The lowest BCUT2D eigenvalue weighted by atomic mass is 9.90. The highest BCUT2D eigenvalue weighted by atomic mass is 19.1. The fraction of sp³-hybridized carbons (Fsp3) is 0.875. The van der Waals surface area contributed by atoms with E-state index in [1.165, 1.54) is 20.6 Å². The van der Waals surface area contributed by atoms with Crippen LogP contribution in [-0.2, 0) is 28.7 Å². The summed E-state index contributed by atoms with van der Waals surface area (Å²) in [5, 5.41) is 4.93. The Balaban J connectivity index is 0. The van der Waals surface area contributed by atoms with Gasteiger partial charge in [0.15, 0.2) is 0 Å². The molecule has 0 bridgehead atoms. The van der Waals surface area contributed by atoms with Gasteiger partial charge in [0.1, 0.15) is 6.67 Å². The molecule has 7 atom stereocenters. The first kappa shape index (κ1) is 43.8. The Morgan fingerprint density at radius 1 is 1.09 bits per heavy atom. The molecule has 0 aromatic heterocycles. The van der Waals surface area contributed by atoms with Crippen LogP contribution in [0.25, 0.3) is 0 Å². The summed E-state index contributed by atoms with van der Waals surface area (Å²) in [4.78, 5) is 52.4. The van der Waals surface area contributed by atoms with E-state index in [-0.39, 0.29) is 55.2 Å². The molecule has 4 N–H and O–H groups in total. The molecule has 0 saturated carbocycles. The second-order valence-corrected chi connectivity index (χ2v) is 11.9. The van der Waals surface area contributed by atoms with E-state index in [1.807, 2.05) is 20.8 Å². The van der Waals surface area contributed by atoms with Crippen molar-refractivity contribution in [1.82, 2.24) is 20.4 Å². The van der Waals surface area contributed by atoms with E-state index < -0.39 is 24.8 Å². The number of hydrogen-bond donors (Lipinski definition) is 3. The van der Waals surface area contributed by atoms with Crippen molar-refractivity contribution in [3.8, 4) is 0 Å². The van der Waals surface area contributed by atoms with Crippen LogP contribution in [0.1, 0.15) is 87.5 Å². The van der Waals surface area contributed by atoms with Crippen molar-refractivity contribution in [2.45, 2.75) is 118 Å². The highest BCUT2D eigenvalue weighted by molar-refractivity contribution is 5.81. The largest absolute Gasteiger partial charge is 0.379 e. The van der Waals surface area contributed by atoms with Gasteiger partial charge in [-0.1, -0.05) is 61.3 Å². The van der Waals surface area contributed by atoms with E-state index in [9.17, 15) is 23.6 Å². The highest BCUT2D eigenvalue weighted by Gasteiger charge is 2.41. The Bertz CT molecular complexity index is 797. The average Bonchev–Trinajstić information content (AvgIpc) is 3.48. The number of methoxy groups -OCH3 is 2. The number of likely N-dealkylation sites (tertiary alicyclic amines) is 1. The zero-order valence-corrected chi connectivity index (χ0v) is 29.4. The number of alkyl halides is 1. The fourth-order valence-corrected chi connectivity index (χ4v) is 4.91. The van der Waals surface area contributed by atoms with Crippen molar-refractivity contribution >= 4 is 24.1 Å². The SMILES string of the molecule is CC(C)C(C)N.CCC.CCC(C)C(C(CC(=O)N1CCCC1C(OC)C(C)C(=O)NCCF)OC)N(C)C(=O)CNC=O. The molecule has 4 amide bonds. The number of hydrogen-bond acceptors (Lipinski definition) is 7. The zero-order chi connectivity index (χ0) is 34.4. The van der Waals surface area contributed by atoms with Gasteiger partial charge in [-0.2, -0.15) is 0 Å². The van der Waals surface area contributed by atoms with Crippen molar-refractivity contribution in [3.05, 3.63) is 0 Å². The molecule has 1 aliphatic rings. The monoisotopic (exact) mass is 633 g/mol. The predicted molar refractivity (Wildman–Crippen MR) is 174 cm³/mol. The standard InChI is InChI=1S/C24H43FN4O6.C5H13N.C3H8/c1-7-16(2)22(28(4)21(32)14-26-15-30)19(34-5)13-20(31)29-12-8-9-18(29)23(35-6)17(3)24(33)27-11-10-25;1-4(2)5(3)6;1-3-2/h15-19,22-23H,7-14H2,1-6H3,(H,26,30)(H,27,33);4-5H,6H2,1-3H3;3H2,1-2H3. The minimum absolute atomic E-state index is 0.0400. The summed E-state index contributed by atoms with van der Waals surface area (Å²) in [5.41, 5.74) is 5.44. The third kappa shape index (κ3) is 15.6. The lowest BCUT2D eigenvalue weighted by Crippen LogP contribution is -2.54. The molecule has 1 heterocycles.